The van der Waals surface area contributed by atoms with Gasteiger partial charge in [0.05, 0.1) is 0 Å². The molecular formula is C15H18N4. The van der Waals surface area contributed by atoms with Crippen molar-refractivity contribution in [1.29, 1.82) is 0 Å². The van der Waals surface area contributed by atoms with E-state index in [1.807, 2.05) is 0 Å². The van der Waals surface area contributed by atoms with Crippen molar-refractivity contribution in [3.8, 4) is 0 Å². The lowest BCUT2D eigenvalue weighted by Gasteiger charge is -2.31. The highest BCUT2D eigenvalue weighted by molar-refractivity contribution is 5.70. The fourth-order valence-electron chi connectivity index (χ4n) is 2.74. The molecule has 19 heavy (non-hydrogen) atoms. The minimum atomic E-state index is 0.593. The first kappa shape index (κ1) is 12.0. The average molecular weight is 254 g/mol. The highest BCUT2D eigenvalue weighted by Gasteiger charge is 2.21. The van der Waals surface area contributed by atoms with Gasteiger partial charge in [-0.1, -0.05) is 25.1 Å². The maximum Gasteiger partial charge on any atom is 0.141 e. The highest BCUT2D eigenvalue weighted by Crippen LogP contribution is 2.34. The van der Waals surface area contributed by atoms with Gasteiger partial charge in [0.15, 0.2) is 0 Å². The van der Waals surface area contributed by atoms with Gasteiger partial charge in [-0.25, -0.2) is 9.97 Å². The topological polar surface area (TPSA) is 55.0 Å². The van der Waals surface area contributed by atoms with E-state index in [-0.39, 0.29) is 0 Å². The molecule has 3 rings (SSSR count). The van der Waals surface area contributed by atoms with Gasteiger partial charge >= 0.3 is 0 Å². The third-order valence-electron chi connectivity index (χ3n) is 3.68. The summed E-state index contributed by atoms with van der Waals surface area (Å²) < 4.78 is 0. The largest absolute Gasteiger partial charge is 0.383 e. The molecule has 0 saturated carbocycles. The number of hydrogen-bond acceptors (Lipinski definition) is 4. The van der Waals surface area contributed by atoms with Crippen LogP contribution in [0.1, 0.15) is 24.5 Å². The van der Waals surface area contributed by atoms with Gasteiger partial charge < -0.3 is 10.6 Å². The Morgan fingerprint density at radius 1 is 1.26 bits per heavy atom. The number of rotatable bonds is 2. The summed E-state index contributed by atoms with van der Waals surface area (Å²) in [6, 6.07) is 8.52. The van der Waals surface area contributed by atoms with E-state index in [1.54, 1.807) is 6.33 Å². The molecule has 0 unspecified atom stereocenters. The molecule has 4 nitrogen and oxygen atoms in total. The molecule has 1 aromatic heterocycles. The number of anilines is 3. The molecule has 0 radical (unpaired) electrons. The van der Waals surface area contributed by atoms with Crippen molar-refractivity contribution in [3.63, 3.8) is 0 Å². The molecule has 0 fully saturated rings. The molecule has 0 atom stereocenters. The van der Waals surface area contributed by atoms with Crippen LogP contribution in [0.2, 0.25) is 0 Å². The Morgan fingerprint density at radius 2 is 2.11 bits per heavy atom. The summed E-state index contributed by atoms with van der Waals surface area (Å²) in [5.41, 5.74) is 9.66. The van der Waals surface area contributed by atoms with Gasteiger partial charge in [-0.3, -0.25) is 0 Å². The van der Waals surface area contributed by atoms with E-state index < -0.39 is 0 Å². The molecule has 1 aromatic carbocycles. The Morgan fingerprint density at radius 3 is 2.95 bits per heavy atom. The second-order valence-electron chi connectivity index (χ2n) is 4.80. The van der Waals surface area contributed by atoms with Crippen LogP contribution in [0.5, 0.6) is 0 Å². The summed E-state index contributed by atoms with van der Waals surface area (Å²) in [7, 11) is 0. The number of aryl methyl sites for hydroxylation is 1. The van der Waals surface area contributed by atoms with Gasteiger partial charge in [0.1, 0.15) is 18.0 Å². The van der Waals surface area contributed by atoms with E-state index >= 15 is 0 Å². The Hall–Kier alpha value is -2.10. The zero-order valence-electron chi connectivity index (χ0n) is 11.1. The van der Waals surface area contributed by atoms with Crippen molar-refractivity contribution in [1.82, 2.24) is 9.97 Å². The van der Waals surface area contributed by atoms with Crippen LogP contribution in [-0.4, -0.2) is 16.5 Å². The van der Waals surface area contributed by atoms with Gasteiger partial charge in [-0.2, -0.15) is 0 Å². The van der Waals surface area contributed by atoms with Gasteiger partial charge in [0, 0.05) is 17.8 Å². The van der Waals surface area contributed by atoms with E-state index in [0.29, 0.717) is 5.82 Å². The summed E-state index contributed by atoms with van der Waals surface area (Å²) in [6.45, 7) is 3.08. The highest BCUT2D eigenvalue weighted by atomic mass is 15.2. The molecule has 98 valence electrons. The Bertz CT molecular complexity index is 594. The fraction of sp³-hybridized carbons (Fsp3) is 0.333. The van der Waals surface area contributed by atoms with Crippen LogP contribution < -0.4 is 10.6 Å². The molecule has 2 heterocycles. The third-order valence-corrected chi connectivity index (χ3v) is 3.68. The summed E-state index contributed by atoms with van der Waals surface area (Å²) in [5, 5.41) is 0. The molecule has 0 saturated heterocycles. The number of aromatic nitrogens is 2. The van der Waals surface area contributed by atoms with Gasteiger partial charge in [-0.15, -0.1) is 0 Å². The molecule has 0 bridgehead atoms. The second kappa shape index (κ2) is 4.88. The lowest BCUT2D eigenvalue weighted by atomic mass is 10.0. The zero-order chi connectivity index (χ0) is 13.2. The van der Waals surface area contributed by atoms with Crippen LogP contribution in [0.3, 0.4) is 0 Å². The predicted molar refractivity (Wildman–Crippen MR) is 77.6 cm³/mol. The number of nitrogen functional groups attached to an aromatic ring is 1. The Balaban J connectivity index is 2.12. The number of hydrogen-bond donors (Lipinski definition) is 1. The number of benzene rings is 1. The minimum absolute atomic E-state index is 0.593. The van der Waals surface area contributed by atoms with Crippen molar-refractivity contribution < 1.29 is 0 Å². The molecule has 0 amide bonds. The number of fused-ring (bicyclic) bond motifs is 1. The molecule has 1 aliphatic heterocycles. The monoisotopic (exact) mass is 254 g/mol. The lowest BCUT2D eigenvalue weighted by Crippen LogP contribution is -2.26. The van der Waals surface area contributed by atoms with E-state index in [4.69, 9.17) is 5.73 Å². The predicted octanol–water partition coefficient (Wildman–Crippen LogP) is 2.71. The van der Waals surface area contributed by atoms with E-state index in [2.05, 4.69) is 46.1 Å². The van der Waals surface area contributed by atoms with Crippen molar-refractivity contribution >= 4 is 17.3 Å². The van der Waals surface area contributed by atoms with Crippen LogP contribution in [-0.2, 0) is 12.8 Å². The van der Waals surface area contributed by atoms with Crippen molar-refractivity contribution in [2.45, 2.75) is 26.2 Å². The zero-order valence-corrected chi connectivity index (χ0v) is 11.1. The van der Waals surface area contributed by atoms with Crippen molar-refractivity contribution in [3.05, 3.63) is 41.7 Å². The standard InChI is InChI=1S/C15H18N4/c1-2-12-14(16)17-10-18-15(12)19-9-5-7-11-6-3-4-8-13(11)19/h3-4,6,8,10H,2,5,7,9H2,1H3,(H2,16,17,18). The fourth-order valence-corrected chi connectivity index (χ4v) is 2.74. The number of nitrogens with zero attached hydrogens (tertiary/aromatic N) is 3. The SMILES string of the molecule is CCc1c(N)ncnc1N1CCCc2ccccc21. The molecule has 2 N–H and O–H groups in total. The second-order valence-corrected chi connectivity index (χ2v) is 4.80. The van der Waals surface area contributed by atoms with Crippen molar-refractivity contribution in [2.75, 3.05) is 17.2 Å². The van der Waals surface area contributed by atoms with Crippen LogP contribution in [0, 0.1) is 0 Å². The smallest absolute Gasteiger partial charge is 0.141 e. The summed E-state index contributed by atoms with van der Waals surface area (Å²) >= 11 is 0. The minimum Gasteiger partial charge on any atom is -0.383 e. The van der Waals surface area contributed by atoms with Crippen LogP contribution in [0.25, 0.3) is 0 Å². The van der Waals surface area contributed by atoms with Gasteiger partial charge in [0.25, 0.3) is 0 Å². The molecule has 2 aromatic rings. The van der Waals surface area contributed by atoms with Crippen molar-refractivity contribution in [2.24, 2.45) is 0 Å². The maximum absolute atomic E-state index is 5.98. The first-order valence-corrected chi connectivity index (χ1v) is 6.76. The molecular weight excluding hydrogens is 236 g/mol. The van der Waals surface area contributed by atoms with Crippen LogP contribution in [0.4, 0.5) is 17.3 Å². The van der Waals surface area contributed by atoms with Crippen LogP contribution >= 0.6 is 0 Å². The first-order valence-electron chi connectivity index (χ1n) is 6.76. The summed E-state index contributed by atoms with van der Waals surface area (Å²) in [5.74, 6) is 1.55. The van der Waals surface area contributed by atoms with Gasteiger partial charge in [-0.05, 0) is 30.9 Å². The molecule has 0 aliphatic carbocycles. The third kappa shape index (κ3) is 2.03. The molecule has 0 spiro atoms. The van der Waals surface area contributed by atoms with E-state index in [1.165, 1.54) is 11.3 Å². The Labute approximate surface area is 113 Å². The number of nitrogens with two attached hydrogens (primary N) is 1. The lowest BCUT2D eigenvalue weighted by molar-refractivity contribution is 0.754. The van der Waals surface area contributed by atoms with E-state index in [9.17, 15) is 0 Å². The number of para-hydroxylation sites is 1. The molecule has 4 heteroatoms. The Kier molecular flexibility index (Phi) is 3.07. The van der Waals surface area contributed by atoms with Gasteiger partial charge in [0.2, 0.25) is 0 Å². The van der Waals surface area contributed by atoms with Crippen LogP contribution in [0.15, 0.2) is 30.6 Å². The van der Waals surface area contributed by atoms with E-state index in [0.717, 1.165) is 37.2 Å². The first-order chi connectivity index (χ1) is 9.31. The summed E-state index contributed by atoms with van der Waals surface area (Å²) in [6.07, 6.45) is 4.68. The average Bonchev–Trinajstić information content (AvgIpc) is 2.46. The maximum atomic E-state index is 5.98. The summed E-state index contributed by atoms with van der Waals surface area (Å²) in [4.78, 5) is 10.8. The molecule has 1 aliphatic rings. The normalized spacial score (nSPS) is 14.3. The quantitative estimate of drug-likeness (QED) is 0.895.